The molecule has 0 spiro atoms. The minimum absolute atomic E-state index is 0.115. The van der Waals surface area contributed by atoms with Gasteiger partial charge >= 0.3 is 0 Å². The zero-order chi connectivity index (χ0) is 9.47. The van der Waals surface area contributed by atoms with E-state index in [1.54, 1.807) is 6.92 Å². The molecule has 0 radical (unpaired) electrons. The van der Waals surface area contributed by atoms with Crippen molar-refractivity contribution in [3.8, 4) is 0 Å². The summed E-state index contributed by atoms with van der Waals surface area (Å²) in [6.45, 7) is 1.60. The third kappa shape index (κ3) is 1.21. The molecule has 3 heteroatoms. The van der Waals surface area contributed by atoms with E-state index in [0.29, 0.717) is 0 Å². The molecule has 2 N–H and O–H groups in total. The van der Waals surface area contributed by atoms with Crippen LogP contribution in [0, 0.1) is 0 Å². The molecular weight excluding hydrogens is 166 g/mol. The van der Waals surface area contributed by atoms with Crippen LogP contribution in [0.15, 0.2) is 30.3 Å². The lowest BCUT2D eigenvalue weighted by molar-refractivity contribution is -0.154. The zero-order valence-corrected chi connectivity index (χ0v) is 7.32. The zero-order valence-electron chi connectivity index (χ0n) is 7.32. The van der Waals surface area contributed by atoms with Crippen LogP contribution in [-0.4, -0.2) is 16.7 Å². The first-order valence-corrected chi connectivity index (χ1v) is 4.20. The fourth-order valence-corrected chi connectivity index (χ4v) is 1.69. The molecule has 0 saturated carbocycles. The molecule has 0 aliphatic carbocycles. The van der Waals surface area contributed by atoms with E-state index >= 15 is 0 Å². The Kier molecular flexibility index (Phi) is 1.63. The Morgan fingerprint density at radius 1 is 1.38 bits per heavy atom. The predicted molar refractivity (Wildman–Crippen MR) is 47.9 cm³/mol. The van der Waals surface area contributed by atoms with Crippen LogP contribution >= 0.6 is 0 Å². The first kappa shape index (κ1) is 8.26. The summed E-state index contributed by atoms with van der Waals surface area (Å²) in [6.07, 6.45) is 0. The van der Waals surface area contributed by atoms with Gasteiger partial charge < -0.3 is 10.4 Å². The van der Waals surface area contributed by atoms with Gasteiger partial charge in [-0.25, -0.2) is 0 Å². The Bertz CT molecular complexity index is 332. The average Bonchev–Trinajstić information content (AvgIpc) is 2.04. The molecule has 1 aliphatic rings. The summed E-state index contributed by atoms with van der Waals surface area (Å²) in [6, 6.07) is 9.29. The number of β-lactam (4-membered cyclic amide) rings is 1. The SMILES string of the molecule is CC1(O)NC(=O)C1c1ccccc1. The standard InChI is InChI=1S/C10H11NO2/c1-10(13)8(9(12)11-10)7-5-3-2-4-6-7/h2-6,8,13H,1H3,(H,11,12). The molecule has 2 atom stereocenters. The van der Waals surface area contributed by atoms with Gasteiger partial charge in [-0.15, -0.1) is 0 Å². The highest BCUT2D eigenvalue weighted by Gasteiger charge is 2.49. The third-order valence-electron chi connectivity index (χ3n) is 2.33. The van der Waals surface area contributed by atoms with E-state index in [0.717, 1.165) is 5.56 Å². The van der Waals surface area contributed by atoms with Crippen LogP contribution in [0.5, 0.6) is 0 Å². The third-order valence-corrected chi connectivity index (χ3v) is 2.33. The predicted octanol–water partition coefficient (Wildman–Crippen LogP) is 0.608. The Labute approximate surface area is 76.4 Å². The normalized spacial score (nSPS) is 32.2. The number of carbonyl (C=O) groups excluding carboxylic acids is 1. The minimum atomic E-state index is -1.08. The lowest BCUT2D eigenvalue weighted by Gasteiger charge is -2.42. The highest BCUT2D eigenvalue weighted by molar-refractivity contribution is 5.91. The first-order valence-electron chi connectivity index (χ1n) is 4.20. The van der Waals surface area contributed by atoms with Crippen molar-refractivity contribution in [2.45, 2.75) is 18.6 Å². The number of amides is 1. The highest BCUT2D eigenvalue weighted by atomic mass is 16.3. The van der Waals surface area contributed by atoms with Crippen molar-refractivity contribution < 1.29 is 9.90 Å². The summed E-state index contributed by atoms with van der Waals surface area (Å²) in [5.41, 5.74) is -0.227. The molecule has 1 fully saturated rings. The van der Waals surface area contributed by atoms with Crippen molar-refractivity contribution in [1.29, 1.82) is 0 Å². The van der Waals surface area contributed by atoms with Crippen LogP contribution in [-0.2, 0) is 4.79 Å². The van der Waals surface area contributed by atoms with Gasteiger partial charge in [0.05, 0.1) is 0 Å². The van der Waals surface area contributed by atoms with Crippen LogP contribution in [0.1, 0.15) is 18.4 Å². The van der Waals surface area contributed by atoms with Crippen LogP contribution in [0.4, 0.5) is 0 Å². The molecule has 3 nitrogen and oxygen atoms in total. The van der Waals surface area contributed by atoms with E-state index in [9.17, 15) is 9.90 Å². The number of rotatable bonds is 1. The fraction of sp³-hybridized carbons (Fsp3) is 0.300. The van der Waals surface area contributed by atoms with E-state index in [4.69, 9.17) is 0 Å². The Balaban J connectivity index is 2.32. The Morgan fingerprint density at radius 3 is 2.46 bits per heavy atom. The molecule has 1 aromatic carbocycles. The molecule has 1 aliphatic heterocycles. The average molecular weight is 177 g/mol. The molecule has 1 aromatic rings. The number of nitrogens with one attached hydrogen (secondary N) is 1. The van der Waals surface area contributed by atoms with Gasteiger partial charge in [0.2, 0.25) is 5.91 Å². The topological polar surface area (TPSA) is 49.3 Å². The van der Waals surface area contributed by atoms with Crippen molar-refractivity contribution >= 4 is 5.91 Å². The maximum Gasteiger partial charge on any atom is 0.234 e. The molecule has 13 heavy (non-hydrogen) atoms. The monoisotopic (exact) mass is 177 g/mol. The molecule has 1 amide bonds. The van der Waals surface area contributed by atoms with E-state index in [2.05, 4.69) is 5.32 Å². The van der Waals surface area contributed by atoms with E-state index < -0.39 is 11.6 Å². The van der Waals surface area contributed by atoms with Crippen molar-refractivity contribution in [2.24, 2.45) is 0 Å². The summed E-state index contributed by atoms with van der Waals surface area (Å²) in [7, 11) is 0. The summed E-state index contributed by atoms with van der Waals surface area (Å²) in [5.74, 6) is -0.537. The van der Waals surface area contributed by atoms with Gasteiger partial charge in [-0.1, -0.05) is 30.3 Å². The van der Waals surface area contributed by atoms with Gasteiger partial charge in [0, 0.05) is 0 Å². The lowest BCUT2D eigenvalue weighted by atomic mass is 9.82. The van der Waals surface area contributed by atoms with Gasteiger partial charge in [0.1, 0.15) is 5.92 Å². The molecular formula is C10H11NO2. The van der Waals surface area contributed by atoms with Crippen molar-refractivity contribution in [3.63, 3.8) is 0 Å². The summed E-state index contributed by atoms with van der Waals surface area (Å²) < 4.78 is 0. The van der Waals surface area contributed by atoms with E-state index in [-0.39, 0.29) is 5.91 Å². The molecule has 2 rings (SSSR count). The van der Waals surface area contributed by atoms with Gasteiger partial charge in [0.15, 0.2) is 5.72 Å². The summed E-state index contributed by atoms with van der Waals surface area (Å²) in [5, 5.41) is 12.1. The number of benzene rings is 1. The Hall–Kier alpha value is -1.35. The van der Waals surface area contributed by atoms with Crippen LogP contribution < -0.4 is 5.32 Å². The number of carbonyl (C=O) groups is 1. The molecule has 0 bridgehead atoms. The summed E-state index contributed by atoms with van der Waals surface area (Å²) in [4.78, 5) is 11.2. The van der Waals surface area contributed by atoms with E-state index in [1.807, 2.05) is 30.3 Å². The smallest absolute Gasteiger partial charge is 0.234 e. The minimum Gasteiger partial charge on any atom is -0.370 e. The quantitative estimate of drug-likeness (QED) is 0.617. The molecule has 1 heterocycles. The molecule has 68 valence electrons. The second kappa shape index (κ2) is 2.57. The highest BCUT2D eigenvalue weighted by Crippen LogP contribution is 2.33. The molecule has 1 saturated heterocycles. The Morgan fingerprint density at radius 2 is 2.00 bits per heavy atom. The van der Waals surface area contributed by atoms with E-state index in [1.165, 1.54) is 0 Å². The molecule has 0 aromatic heterocycles. The van der Waals surface area contributed by atoms with Gasteiger partial charge in [-0.3, -0.25) is 4.79 Å². The van der Waals surface area contributed by atoms with Crippen LogP contribution in [0.3, 0.4) is 0 Å². The first-order chi connectivity index (χ1) is 6.11. The van der Waals surface area contributed by atoms with Crippen LogP contribution in [0.25, 0.3) is 0 Å². The summed E-state index contributed by atoms with van der Waals surface area (Å²) >= 11 is 0. The van der Waals surface area contributed by atoms with Gasteiger partial charge in [0.25, 0.3) is 0 Å². The maximum absolute atomic E-state index is 11.2. The van der Waals surface area contributed by atoms with Crippen molar-refractivity contribution in [2.75, 3.05) is 0 Å². The van der Waals surface area contributed by atoms with Gasteiger partial charge in [-0.2, -0.15) is 0 Å². The largest absolute Gasteiger partial charge is 0.370 e. The van der Waals surface area contributed by atoms with Crippen molar-refractivity contribution in [1.82, 2.24) is 5.32 Å². The second-order valence-electron chi connectivity index (χ2n) is 3.48. The van der Waals surface area contributed by atoms with Crippen molar-refractivity contribution in [3.05, 3.63) is 35.9 Å². The number of hydrogen-bond acceptors (Lipinski definition) is 2. The maximum atomic E-state index is 11.2. The number of aliphatic hydroxyl groups is 1. The second-order valence-corrected chi connectivity index (χ2v) is 3.48. The lowest BCUT2D eigenvalue weighted by Crippen LogP contribution is -2.65. The molecule has 2 unspecified atom stereocenters. The van der Waals surface area contributed by atoms with Gasteiger partial charge in [-0.05, 0) is 12.5 Å². The number of hydrogen-bond donors (Lipinski definition) is 2. The van der Waals surface area contributed by atoms with Crippen LogP contribution in [0.2, 0.25) is 0 Å². The fourth-order valence-electron chi connectivity index (χ4n) is 1.69.